The van der Waals surface area contributed by atoms with Gasteiger partial charge in [-0.1, -0.05) is 30.3 Å². The first-order valence-electron chi connectivity index (χ1n) is 32.5. The highest BCUT2D eigenvalue weighted by Gasteiger charge is 2.43. The minimum Gasteiger partial charge on any atom is -0.447 e. The molecule has 12 atom stereocenters. The predicted molar refractivity (Wildman–Crippen MR) is 375 cm³/mol. The van der Waals surface area contributed by atoms with Crippen molar-refractivity contribution in [2.24, 2.45) is 33.2 Å². The first-order chi connectivity index (χ1) is 49.5. The number of aliphatic hydroxyl groups excluding tert-OH is 4. The number of nitrogens with one attached hydrogen (secondary N) is 3. The van der Waals surface area contributed by atoms with E-state index >= 15 is 0 Å². The molecule has 13 rings (SSSR count). The van der Waals surface area contributed by atoms with Gasteiger partial charge in [0.25, 0.3) is 0 Å². The van der Waals surface area contributed by atoms with Gasteiger partial charge in [-0.15, -0.1) is 0 Å². The number of pyridine rings is 1. The number of aromatic nitrogens is 13. The van der Waals surface area contributed by atoms with Crippen LogP contribution in [0, 0.1) is 17.8 Å². The second kappa shape index (κ2) is 33.1. The number of rotatable bonds is 26. The van der Waals surface area contributed by atoms with Crippen LogP contribution in [0.1, 0.15) is 135 Å². The number of carbonyl (C=O) groups excluding carboxylic acids is 3. The molecule has 8 heterocycles. The van der Waals surface area contributed by atoms with Crippen LogP contribution in [-0.2, 0) is 52.0 Å². The maximum Gasteiger partial charge on any atom is 0.333 e. The Morgan fingerprint density at radius 2 is 1.20 bits per heavy atom. The molecule has 0 saturated heterocycles. The fourth-order valence-electron chi connectivity index (χ4n) is 12.9. The second-order valence-electron chi connectivity index (χ2n) is 25.3. The first kappa shape index (κ1) is 76.3. The maximum atomic E-state index is 13.3. The molecule has 1 aromatic carbocycles. The van der Waals surface area contributed by atoms with Crippen molar-refractivity contribution < 1.29 is 72.8 Å². The normalized spacial score (nSPS) is 22.5. The predicted octanol–water partition coefficient (Wildman–Crippen LogP) is 3.05. The largest absolute Gasteiger partial charge is 0.447 e. The average molecular weight is 1580 g/mol. The molecule has 0 aliphatic heterocycles. The molecule has 4 aliphatic rings. The molecule has 0 amide bonds. The highest BCUT2D eigenvalue weighted by atomic mass is 79.9. The van der Waals surface area contributed by atoms with Crippen LogP contribution in [0.15, 0.2) is 138 Å². The van der Waals surface area contributed by atoms with Crippen molar-refractivity contribution in [2.45, 2.75) is 119 Å². The van der Waals surface area contributed by atoms with E-state index in [1.165, 1.54) is 48.7 Å². The molecule has 3 fully saturated rings. The number of furan rings is 1. The lowest BCUT2D eigenvalue weighted by atomic mass is 10.0. The molecule has 4 aliphatic carbocycles. The van der Waals surface area contributed by atoms with Gasteiger partial charge in [-0.3, -0.25) is 36.8 Å². The van der Waals surface area contributed by atoms with Gasteiger partial charge in [-0.25, -0.2) is 58.7 Å². The van der Waals surface area contributed by atoms with E-state index < -0.39 is 78.7 Å². The van der Waals surface area contributed by atoms with Crippen molar-refractivity contribution in [2.75, 3.05) is 34.9 Å². The minimum absolute atomic E-state index is 0.0546. The third-order valence-corrected chi connectivity index (χ3v) is 20.5. The highest BCUT2D eigenvalue weighted by molar-refractivity contribution is 9.10. The molecular weight excluding hydrogens is 1500 g/mol. The summed E-state index contributed by atoms with van der Waals surface area (Å²) in [5, 5.41) is 79.1. The molecule has 8 aromatic heterocycles. The lowest BCUT2D eigenvalue weighted by Crippen LogP contribution is -2.36. The number of hydrogen-bond donors (Lipinski definition) is 10. The third-order valence-electron chi connectivity index (χ3n) is 18.1. The van der Waals surface area contributed by atoms with Crippen LogP contribution >= 0.6 is 27.5 Å². The zero-order chi connectivity index (χ0) is 74.2. The van der Waals surface area contributed by atoms with Crippen LogP contribution in [0.5, 0.6) is 0 Å². The summed E-state index contributed by atoms with van der Waals surface area (Å²) in [5.41, 5.74) is 4.54. The van der Waals surface area contributed by atoms with E-state index in [4.69, 9.17) is 31.4 Å². The number of aliphatic hydroxyl groups is 4. The summed E-state index contributed by atoms with van der Waals surface area (Å²) in [7, 11) is -11.9. The zero-order valence-corrected chi connectivity index (χ0v) is 60.0. The van der Waals surface area contributed by atoms with Gasteiger partial charge in [0.2, 0.25) is 27.4 Å². The number of hydrogen-bond acceptors (Lipinski definition) is 29. The molecule has 3 saturated carbocycles. The van der Waals surface area contributed by atoms with Crippen molar-refractivity contribution in [1.82, 2.24) is 64.2 Å². The van der Waals surface area contributed by atoms with E-state index in [2.05, 4.69) is 103 Å². The van der Waals surface area contributed by atoms with Gasteiger partial charge in [-0.2, -0.15) is 32.1 Å². The lowest BCUT2D eigenvalue weighted by Gasteiger charge is -2.19. The Hall–Kier alpha value is -8.81. The number of benzene rings is 1. The molecule has 2 unspecified atom stereocenters. The van der Waals surface area contributed by atoms with E-state index in [0.29, 0.717) is 43.8 Å². The van der Waals surface area contributed by atoms with Crippen LogP contribution in [0.2, 0.25) is 5.22 Å². The van der Waals surface area contributed by atoms with Crippen molar-refractivity contribution in [3.05, 3.63) is 195 Å². The third kappa shape index (κ3) is 19.8. The summed E-state index contributed by atoms with van der Waals surface area (Å²) < 4.78 is 87.1. The molecule has 40 heteroatoms. The number of aryl methyl sites for hydroxylation is 1. The smallest absolute Gasteiger partial charge is 0.333 e. The van der Waals surface area contributed by atoms with E-state index in [9.17, 15) is 60.1 Å². The van der Waals surface area contributed by atoms with E-state index in [1.54, 1.807) is 63.0 Å². The van der Waals surface area contributed by atoms with Gasteiger partial charge in [0.05, 0.1) is 78.3 Å². The van der Waals surface area contributed by atoms with Gasteiger partial charge >= 0.3 is 20.6 Å². The molecular formula is C64H73BrClN19O16S3. The number of nitrogens with two attached hydrogens (primary N) is 3. The summed E-state index contributed by atoms with van der Waals surface area (Å²) in [5.74, 6) is -1.27. The summed E-state index contributed by atoms with van der Waals surface area (Å²) >= 11 is 9.18. The van der Waals surface area contributed by atoms with Crippen molar-refractivity contribution in [1.29, 1.82) is 0 Å². The maximum absolute atomic E-state index is 13.3. The summed E-state index contributed by atoms with van der Waals surface area (Å²) in [6.45, 7) is 1.65. The Labute approximate surface area is 609 Å². The number of nitrogens with zero attached hydrogens (tertiary/aromatic N) is 13. The van der Waals surface area contributed by atoms with Gasteiger partial charge in [0.15, 0.2) is 5.22 Å². The van der Waals surface area contributed by atoms with Gasteiger partial charge in [-0.05, 0) is 145 Å². The highest BCUT2D eigenvalue weighted by Crippen LogP contribution is 2.37. The quantitative estimate of drug-likeness (QED) is 0.0275. The number of carbonyl (C=O) groups is 3. The number of ketones is 3. The Bertz CT molecular complexity index is 4900. The molecule has 9 aromatic rings. The number of primary sulfonamides is 1. The Kier molecular flexibility index (Phi) is 24.3. The lowest BCUT2D eigenvalue weighted by molar-refractivity contribution is 0.00778. The molecule has 104 heavy (non-hydrogen) atoms. The molecule has 13 N–H and O–H groups in total. The fourth-order valence-corrected chi connectivity index (χ4v) is 14.8. The molecule has 0 spiro atoms. The fraction of sp³-hybridized carbons (Fsp3) is 0.391. The van der Waals surface area contributed by atoms with Gasteiger partial charge < -0.3 is 40.8 Å². The van der Waals surface area contributed by atoms with Crippen molar-refractivity contribution in [3.63, 3.8) is 0 Å². The minimum atomic E-state index is -4.19. The van der Waals surface area contributed by atoms with Crippen LogP contribution in [0.25, 0.3) is 0 Å². The van der Waals surface area contributed by atoms with E-state index in [0.717, 1.165) is 23.1 Å². The van der Waals surface area contributed by atoms with Crippen molar-refractivity contribution >= 4 is 93.0 Å². The number of fused-ring (bicyclic) bond motifs is 1. The topological polar surface area (TPSA) is 524 Å². The Morgan fingerprint density at radius 3 is 1.80 bits per heavy atom. The molecule has 0 radical (unpaired) electrons. The number of anilines is 3. The molecule has 0 bridgehead atoms. The molecule has 35 nitrogen and oxygen atoms in total. The monoisotopic (exact) mass is 1570 g/mol. The molecule has 552 valence electrons. The second-order valence-corrected chi connectivity index (χ2v) is 30.7. The Morgan fingerprint density at radius 1 is 0.644 bits per heavy atom. The summed E-state index contributed by atoms with van der Waals surface area (Å²) in [6.07, 6.45) is 13.2. The standard InChI is InChI=1S/C23H26N6O6S.C21H24BrN7O4S.C20H23ClN6O6S/c24-36(33,34)35-11-14-9-18(22(32)20(14)30)27-23-16(10-25-12-26-23)21(31)17-7-8-29(28-17)19-6-5-13-3-1-2-4-15(13)19;22-19-3-1-2-14(26-19)11-29-6-4-17(28-29)20(31)16-10-24-12-25-21(16)27-15-8-13(18(30)9-15)5-7-34(23,32)33;1-11(17-2-3-18(21)33-17)27-5-4-15(26-27)19(29)14-8-23-10-24-20(14)25-13-6-12(16(28)7-13)9-32-34(22,30)31/h1-4,7-8,10,12,14,18-20,22,30,32H,5-6,9,11H2,(H2,24,33,34)(H,25,26,27);1-4,6,10,12-13,15,18,30H,5,7-9,11H2,(H2,23,32,33)(H,24,25,27);2-5,8,10-13,16,28H,6-7,9H2,1H3,(H2,22,30,31)(H,23,24,25)/t14-,18-,19?,20-,22+;13-,15+,18-;11?,12-,13-,16+/m101/s1. The van der Waals surface area contributed by atoms with Crippen LogP contribution < -0.4 is 31.4 Å². The van der Waals surface area contributed by atoms with Crippen molar-refractivity contribution in [3.8, 4) is 0 Å². The van der Waals surface area contributed by atoms with Crippen LogP contribution in [0.3, 0.4) is 0 Å². The van der Waals surface area contributed by atoms with Crippen LogP contribution in [0.4, 0.5) is 17.5 Å². The van der Waals surface area contributed by atoms with Crippen LogP contribution in [-0.4, -0.2) is 189 Å². The van der Waals surface area contributed by atoms with Gasteiger partial charge in [0.1, 0.15) is 76.0 Å². The number of halogens is 2. The first-order valence-corrected chi connectivity index (χ1v) is 38.3. The average Bonchev–Trinajstić information content (AvgIpc) is 1.59. The van der Waals surface area contributed by atoms with E-state index in [1.807, 2.05) is 37.3 Å². The number of sulfonamides is 1. The van der Waals surface area contributed by atoms with E-state index in [-0.39, 0.29) is 124 Å². The summed E-state index contributed by atoms with van der Waals surface area (Å²) in [6, 6.07) is 20.6. The van der Waals surface area contributed by atoms with Gasteiger partial charge in [0, 0.05) is 61.1 Å². The summed E-state index contributed by atoms with van der Waals surface area (Å²) in [4.78, 5) is 68.5. The zero-order valence-electron chi connectivity index (χ0n) is 55.3. The SMILES string of the molecule is CC(c1ccc(Cl)o1)n1ccc(C(=O)c2cncnc2N[C@@H]2C[C@H](COS(N)(=O)=O)[C@@H](O)C2)n1.NS(=O)(=O)CC[C@H]1C[C@@H](Nc2ncncc2C(=O)c2ccn(Cc3cccc(Br)n3)n2)C[C@@H]1O.NS(=O)(=O)OC[C@H]1C[C@@H](Nc2ncncc2C(=O)c2ccn(C3CCc4ccccc43)n2)[C@H](O)[C@@H]1O. The Balaban J connectivity index is 0.000000156.